The van der Waals surface area contributed by atoms with Gasteiger partial charge in [0, 0.05) is 19.5 Å². The number of amides is 1. The van der Waals surface area contributed by atoms with Gasteiger partial charge in [-0.05, 0) is 42.7 Å². The van der Waals surface area contributed by atoms with Crippen molar-refractivity contribution in [3.8, 4) is 0 Å². The molecule has 1 fully saturated rings. The number of aryl methyl sites for hydroxylation is 1. The molecule has 0 radical (unpaired) electrons. The number of hydrogen-bond acceptors (Lipinski definition) is 2. The fourth-order valence-electron chi connectivity index (χ4n) is 3.20. The van der Waals surface area contributed by atoms with Crippen molar-refractivity contribution in [3.05, 3.63) is 35.4 Å². The molecule has 0 bridgehead atoms. The van der Waals surface area contributed by atoms with Crippen molar-refractivity contribution in [1.29, 1.82) is 0 Å². The minimum absolute atomic E-state index is 0.168. The molecule has 0 saturated carbocycles. The van der Waals surface area contributed by atoms with Crippen LogP contribution in [0.3, 0.4) is 0 Å². The molecule has 1 aromatic rings. The zero-order valence-corrected chi connectivity index (χ0v) is 13.3. The Morgan fingerprint density at radius 3 is 2.68 bits per heavy atom. The van der Waals surface area contributed by atoms with E-state index in [0.29, 0.717) is 25.3 Å². The summed E-state index contributed by atoms with van der Waals surface area (Å²) < 4.78 is 0. The second kappa shape index (κ2) is 7.97. The standard InChI is InChI=1S/C18H25NO3/c1-2-15-7-3-4-8-16(15)12-17(20)19-11-5-6-14(13-19)9-10-18(21)22/h3-4,7-8,14H,2,5-6,9-13H2,1H3,(H,21,22). The Morgan fingerprint density at radius 2 is 2.00 bits per heavy atom. The van der Waals surface area contributed by atoms with Crippen LogP contribution in [-0.4, -0.2) is 35.0 Å². The summed E-state index contributed by atoms with van der Waals surface area (Å²) in [5, 5.41) is 8.79. The quantitative estimate of drug-likeness (QED) is 0.879. The SMILES string of the molecule is CCc1ccccc1CC(=O)N1CCCC(CCC(=O)O)C1. The molecule has 1 unspecified atom stereocenters. The number of rotatable bonds is 6. The van der Waals surface area contributed by atoms with Crippen LogP contribution in [0, 0.1) is 5.92 Å². The van der Waals surface area contributed by atoms with Crippen LogP contribution in [0.5, 0.6) is 0 Å². The Morgan fingerprint density at radius 1 is 1.27 bits per heavy atom. The lowest BCUT2D eigenvalue weighted by molar-refractivity contribution is -0.137. The Hall–Kier alpha value is -1.84. The summed E-state index contributed by atoms with van der Waals surface area (Å²) in [6, 6.07) is 8.10. The molecule has 1 N–H and O–H groups in total. The van der Waals surface area contributed by atoms with E-state index in [-0.39, 0.29) is 12.3 Å². The molecule has 22 heavy (non-hydrogen) atoms. The summed E-state index contributed by atoms with van der Waals surface area (Å²) in [5.74, 6) is -0.253. The number of benzene rings is 1. The smallest absolute Gasteiger partial charge is 0.303 e. The molecule has 1 atom stereocenters. The van der Waals surface area contributed by atoms with Crippen LogP contribution >= 0.6 is 0 Å². The lowest BCUT2D eigenvalue weighted by atomic mass is 9.92. The first-order valence-electron chi connectivity index (χ1n) is 8.16. The number of carboxylic acid groups (broad SMARTS) is 1. The van der Waals surface area contributed by atoms with E-state index in [9.17, 15) is 9.59 Å². The highest BCUT2D eigenvalue weighted by atomic mass is 16.4. The van der Waals surface area contributed by atoms with Gasteiger partial charge in [-0.2, -0.15) is 0 Å². The molecule has 0 aromatic heterocycles. The van der Waals surface area contributed by atoms with Gasteiger partial charge in [0.2, 0.25) is 5.91 Å². The van der Waals surface area contributed by atoms with Gasteiger partial charge in [0.25, 0.3) is 0 Å². The largest absolute Gasteiger partial charge is 0.481 e. The number of nitrogens with zero attached hydrogens (tertiary/aromatic N) is 1. The minimum Gasteiger partial charge on any atom is -0.481 e. The number of carboxylic acids is 1. The first-order chi connectivity index (χ1) is 10.6. The number of likely N-dealkylation sites (tertiary alicyclic amines) is 1. The Kier molecular flexibility index (Phi) is 5.99. The monoisotopic (exact) mass is 303 g/mol. The fourth-order valence-corrected chi connectivity index (χ4v) is 3.20. The third-order valence-electron chi connectivity index (χ3n) is 4.48. The van der Waals surface area contributed by atoms with Gasteiger partial charge in [0.05, 0.1) is 6.42 Å². The van der Waals surface area contributed by atoms with Crippen molar-refractivity contribution in [2.24, 2.45) is 5.92 Å². The molecule has 1 aliphatic heterocycles. The van der Waals surface area contributed by atoms with E-state index in [1.165, 1.54) is 5.56 Å². The van der Waals surface area contributed by atoms with Crippen LogP contribution < -0.4 is 0 Å². The van der Waals surface area contributed by atoms with Crippen molar-refractivity contribution in [2.75, 3.05) is 13.1 Å². The van der Waals surface area contributed by atoms with Crippen LogP contribution in [0.1, 0.15) is 43.7 Å². The predicted octanol–water partition coefficient (Wildman–Crippen LogP) is 2.89. The maximum absolute atomic E-state index is 12.5. The summed E-state index contributed by atoms with van der Waals surface area (Å²) in [7, 11) is 0. The van der Waals surface area contributed by atoms with Crippen molar-refractivity contribution < 1.29 is 14.7 Å². The van der Waals surface area contributed by atoms with Crippen LogP contribution in [-0.2, 0) is 22.4 Å². The molecule has 120 valence electrons. The van der Waals surface area contributed by atoms with Crippen molar-refractivity contribution >= 4 is 11.9 Å². The van der Waals surface area contributed by atoms with Crippen molar-refractivity contribution in [2.45, 2.75) is 45.4 Å². The van der Waals surface area contributed by atoms with E-state index in [2.05, 4.69) is 13.0 Å². The molecule has 0 spiro atoms. The summed E-state index contributed by atoms with van der Waals surface area (Å²) in [4.78, 5) is 25.1. The summed E-state index contributed by atoms with van der Waals surface area (Å²) >= 11 is 0. The number of hydrogen-bond donors (Lipinski definition) is 1. The molecule has 1 amide bonds. The first kappa shape index (κ1) is 16.5. The molecule has 4 heteroatoms. The normalized spacial score (nSPS) is 18.2. The van der Waals surface area contributed by atoms with Crippen LogP contribution in [0.25, 0.3) is 0 Å². The van der Waals surface area contributed by atoms with Crippen LogP contribution in [0.2, 0.25) is 0 Å². The number of aliphatic carboxylic acids is 1. The van der Waals surface area contributed by atoms with E-state index >= 15 is 0 Å². The highest BCUT2D eigenvalue weighted by Gasteiger charge is 2.24. The summed E-state index contributed by atoms with van der Waals surface area (Å²) in [6.07, 6.45) is 4.27. The van der Waals surface area contributed by atoms with Crippen LogP contribution in [0.15, 0.2) is 24.3 Å². The zero-order chi connectivity index (χ0) is 15.9. The lowest BCUT2D eigenvalue weighted by Gasteiger charge is -2.33. The van der Waals surface area contributed by atoms with E-state index in [0.717, 1.165) is 31.4 Å². The van der Waals surface area contributed by atoms with Crippen molar-refractivity contribution in [3.63, 3.8) is 0 Å². The molecule has 1 aromatic carbocycles. The molecular formula is C18H25NO3. The topological polar surface area (TPSA) is 57.6 Å². The maximum Gasteiger partial charge on any atom is 0.303 e. The van der Waals surface area contributed by atoms with Gasteiger partial charge in [-0.1, -0.05) is 31.2 Å². The Labute approximate surface area is 132 Å². The second-order valence-electron chi connectivity index (χ2n) is 6.08. The highest BCUT2D eigenvalue weighted by Crippen LogP contribution is 2.22. The van der Waals surface area contributed by atoms with Gasteiger partial charge in [0.1, 0.15) is 0 Å². The molecular weight excluding hydrogens is 278 g/mol. The number of carbonyl (C=O) groups excluding carboxylic acids is 1. The number of carbonyl (C=O) groups is 2. The third kappa shape index (κ3) is 4.58. The molecule has 2 rings (SSSR count). The maximum atomic E-state index is 12.5. The summed E-state index contributed by atoms with van der Waals surface area (Å²) in [6.45, 7) is 3.61. The molecule has 1 saturated heterocycles. The average Bonchev–Trinajstić information content (AvgIpc) is 2.53. The lowest BCUT2D eigenvalue weighted by Crippen LogP contribution is -2.40. The van der Waals surface area contributed by atoms with E-state index in [4.69, 9.17) is 5.11 Å². The Balaban J connectivity index is 1.92. The highest BCUT2D eigenvalue weighted by molar-refractivity contribution is 5.79. The van der Waals surface area contributed by atoms with Gasteiger partial charge in [-0.25, -0.2) is 0 Å². The third-order valence-corrected chi connectivity index (χ3v) is 4.48. The van der Waals surface area contributed by atoms with E-state index in [1.54, 1.807) is 0 Å². The molecule has 1 aliphatic rings. The van der Waals surface area contributed by atoms with Gasteiger partial charge < -0.3 is 10.0 Å². The van der Waals surface area contributed by atoms with E-state index in [1.807, 2.05) is 23.1 Å². The first-order valence-corrected chi connectivity index (χ1v) is 8.16. The van der Waals surface area contributed by atoms with E-state index < -0.39 is 5.97 Å². The predicted molar refractivity (Wildman–Crippen MR) is 85.7 cm³/mol. The van der Waals surface area contributed by atoms with Gasteiger partial charge in [-0.3, -0.25) is 9.59 Å². The second-order valence-corrected chi connectivity index (χ2v) is 6.08. The zero-order valence-electron chi connectivity index (χ0n) is 13.3. The molecule has 1 heterocycles. The molecule has 0 aliphatic carbocycles. The van der Waals surface area contributed by atoms with Crippen molar-refractivity contribution in [1.82, 2.24) is 4.90 Å². The molecule has 4 nitrogen and oxygen atoms in total. The Bertz CT molecular complexity index is 527. The van der Waals surface area contributed by atoms with Crippen LogP contribution in [0.4, 0.5) is 0 Å². The van der Waals surface area contributed by atoms with Gasteiger partial charge in [0.15, 0.2) is 0 Å². The number of piperidine rings is 1. The minimum atomic E-state index is -0.750. The summed E-state index contributed by atoms with van der Waals surface area (Å²) in [5.41, 5.74) is 2.35. The fraction of sp³-hybridized carbons (Fsp3) is 0.556. The van der Waals surface area contributed by atoms with Gasteiger partial charge in [-0.15, -0.1) is 0 Å². The average molecular weight is 303 g/mol. The van der Waals surface area contributed by atoms with Gasteiger partial charge >= 0.3 is 5.97 Å².